The Balaban J connectivity index is 2.02. The van der Waals surface area contributed by atoms with E-state index in [1.54, 1.807) is 0 Å². The highest BCUT2D eigenvalue weighted by Crippen LogP contribution is 2.37. The van der Waals surface area contributed by atoms with Crippen LogP contribution in [0.5, 0.6) is 0 Å². The van der Waals surface area contributed by atoms with Gasteiger partial charge in [-0.3, -0.25) is 4.90 Å². The molecule has 3 rings (SSSR count). The zero-order valence-corrected chi connectivity index (χ0v) is 16.8. The second kappa shape index (κ2) is 7.85. The molecule has 0 aliphatic heterocycles. The molecular weight excluding hydrogens is 362 g/mol. The van der Waals surface area contributed by atoms with Crippen LogP contribution >= 0.6 is 11.6 Å². The van der Waals surface area contributed by atoms with E-state index in [4.69, 9.17) is 16.6 Å². The van der Waals surface area contributed by atoms with Crippen molar-refractivity contribution >= 4 is 17.7 Å². The first kappa shape index (κ1) is 19.6. The number of benzene rings is 1. The van der Waals surface area contributed by atoms with Crippen molar-refractivity contribution in [3.05, 3.63) is 58.1 Å². The molecule has 1 N–H and O–H groups in total. The normalized spacial score (nSPS) is 16.4. The average molecular weight is 388 g/mol. The van der Waals surface area contributed by atoms with Crippen molar-refractivity contribution in [2.24, 2.45) is 5.41 Å². The van der Waals surface area contributed by atoms with Crippen LogP contribution in [0.3, 0.4) is 0 Å². The summed E-state index contributed by atoms with van der Waals surface area (Å²) in [7, 11) is 0. The molecule has 27 heavy (non-hydrogen) atoms. The van der Waals surface area contributed by atoms with Crippen LogP contribution in [-0.4, -0.2) is 32.6 Å². The van der Waals surface area contributed by atoms with Crippen LogP contribution in [0.1, 0.15) is 55.9 Å². The SMILES string of the molecule is CCN(C(=O)O)C(Cc1ccccc1)c1nc(Cl)c2c(n1)CCC(C)(C)C2. The predicted octanol–water partition coefficient (Wildman–Crippen LogP) is 4.93. The third-order valence-corrected chi connectivity index (χ3v) is 5.60. The third-order valence-electron chi connectivity index (χ3n) is 5.29. The highest BCUT2D eigenvalue weighted by atomic mass is 35.5. The lowest BCUT2D eigenvalue weighted by Gasteiger charge is -2.32. The third kappa shape index (κ3) is 4.41. The first-order valence-corrected chi connectivity index (χ1v) is 9.77. The Kier molecular flexibility index (Phi) is 5.70. The monoisotopic (exact) mass is 387 g/mol. The van der Waals surface area contributed by atoms with Gasteiger partial charge in [0.15, 0.2) is 5.82 Å². The number of fused-ring (bicyclic) bond motifs is 1. The topological polar surface area (TPSA) is 66.3 Å². The molecule has 1 aliphatic rings. The highest BCUT2D eigenvalue weighted by molar-refractivity contribution is 6.30. The Morgan fingerprint density at radius 2 is 2.00 bits per heavy atom. The summed E-state index contributed by atoms with van der Waals surface area (Å²) in [5, 5.41) is 10.2. The molecule has 1 amide bonds. The van der Waals surface area contributed by atoms with E-state index in [0.717, 1.165) is 36.1 Å². The first-order valence-electron chi connectivity index (χ1n) is 9.39. The van der Waals surface area contributed by atoms with Crippen molar-refractivity contribution in [3.8, 4) is 0 Å². The minimum atomic E-state index is -0.975. The van der Waals surface area contributed by atoms with Gasteiger partial charge in [-0.05, 0) is 37.2 Å². The van der Waals surface area contributed by atoms with Gasteiger partial charge in [-0.15, -0.1) is 0 Å². The summed E-state index contributed by atoms with van der Waals surface area (Å²) >= 11 is 6.53. The Labute approximate surface area is 165 Å². The molecule has 1 aromatic carbocycles. The zero-order chi connectivity index (χ0) is 19.6. The van der Waals surface area contributed by atoms with Gasteiger partial charge in [-0.25, -0.2) is 14.8 Å². The van der Waals surface area contributed by atoms with Gasteiger partial charge < -0.3 is 5.11 Å². The lowest BCUT2D eigenvalue weighted by Crippen LogP contribution is -2.36. The number of likely N-dealkylation sites (N-methyl/N-ethyl adjacent to an activating group) is 1. The average Bonchev–Trinajstić information content (AvgIpc) is 2.62. The van der Waals surface area contributed by atoms with E-state index in [1.165, 1.54) is 4.90 Å². The Hall–Kier alpha value is -2.14. The molecule has 1 heterocycles. The fourth-order valence-electron chi connectivity index (χ4n) is 3.74. The smallest absolute Gasteiger partial charge is 0.407 e. The van der Waals surface area contributed by atoms with E-state index in [1.807, 2.05) is 37.3 Å². The zero-order valence-electron chi connectivity index (χ0n) is 16.1. The molecule has 5 nitrogen and oxygen atoms in total. The summed E-state index contributed by atoms with van der Waals surface area (Å²) in [5.74, 6) is 0.492. The molecule has 144 valence electrons. The summed E-state index contributed by atoms with van der Waals surface area (Å²) < 4.78 is 0. The summed E-state index contributed by atoms with van der Waals surface area (Å²) in [6.07, 6.45) is 2.27. The van der Waals surface area contributed by atoms with Crippen molar-refractivity contribution < 1.29 is 9.90 Å². The van der Waals surface area contributed by atoms with Crippen molar-refractivity contribution in [3.63, 3.8) is 0 Å². The van der Waals surface area contributed by atoms with Crippen LogP contribution in [0.4, 0.5) is 4.79 Å². The number of carbonyl (C=O) groups is 1. The molecule has 0 saturated heterocycles. The van der Waals surface area contributed by atoms with E-state index in [9.17, 15) is 9.90 Å². The fourth-order valence-corrected chi connectivity index (χ4v) is 4.00. The second-order valence-corrected chi connectivity index (χ2v) is 8.27. The van der Waals surface area contributed by atoms with Crippen molar-refractivity contribution in [2.75, 3.05) is 6.54 Å². The van der Waals surface area contributed by atoms with Crippen LogP contribution in [0.25, 0.3) is 0 Å². The molecule has 0 saturated carbocycles. The molecule has 1 aromatic heterocycles. The van der Waals surface area contributed by atoms with Gasteiger partial charge >= 0.3 is 6.09 Å². The molecule has 1 aliphatic carbocycles. The standard InChI is InChI=1S/C21H26ClN3O2/c1-4-25(20(26)27)17(12-14-8-6-5-7-9-14)19-23-16-10-11-21(2,3)13-15(16)18(22)24-19/h5-9,17H,4,10-13H2,1-3H3,(H,26,27). The summed E-state index contributed by atoms with van der Waals surface area (Å²) in [6.45, 7) is 6.63. The summed E-state index contributed by atoms with van der Waals surface area (Å²) in [4.78, 5) is 22.6. The minimum Gasteiger partial charge on any atom is -0.465 e. The number of aryl methyl sites for hydroxylation is 1. The number of amides is 1. The molecule has 6 heteroatoms. The number of nitrogens with zero attached hydrogens (tertiary/aromatic N) is 3. The molecular formula is C21H26ClN3O2. The molecule has 1 unspecified atom stereocenters. The Bertz CT molecular complexity index is 824. The first-order chi connectivity index (χ1) is 12.8. The van der Waals surface area contributed by atoms with Gasteiger partial charge in [0.25, 0.3) is 0 Å². The maximum atomic E-state index is 11.8. The quantitative estimate of drug-likeness (QED) is 0.739. The lowest BCUT2D eigenvalue weighted by atomic mass is 9.76. The van der Waals surface area contributed by atoms with Gasteiger partial charge in [-0.1, -0.05) is 55.8 Å². The van der Waals surface area contributed by atoms with Crippen LogP contribution < -0.4 is 0 Å². The van der Waals surface area contributed by atoms with E-state index in [0.29, 0.717) is 23.9 Å². The number of hydrogen-bond donors (Lipinski definition) is 1. The van der Waals surface area contributed by atoms with Crippen LogP contribution in [0, 0.1) is 5.41 Å². The molecule has 0 radical (unpaired) electrons. The Morgan fingerprint density at radius 1 is 1.30 bits per heavy atom. The van der Waals surface area contributed by atoms with Crippen LogP contribution in [-0.2, 0) is 19.3 Å². The number of aromatic nitrogens is 2. The maximum absolute atomic E-state index is 11.8. The van der Waals surface area contributed by atoms with Gasteiger partial charge in [0, 0.05) is 24.2 Å². The molecule has 0 bridgehead atoms. The highest BCUT2D eigenvalue weighted by Gasteiger charge is 2.32. The van der Waals surface area contributed by atoms with Gasteiger partial charge in [0.1, 0.15) is 5.15 Å². The predicted molar refractivity (Wildman–Crippen MR) is 106 cm³/mol. The van der Waals surface area contributed by atoms with E-state index < -0.39 is 12.1 Å². The number of rotatable bonds is 5. The van der Waals surface area contributed by atoms with Crippen LogP contribution in [0.2, 0.25) is 5.15 Å². The largest absolute Gasteiger partial charge is 0.465 e. The van der Waals surface area contributed by atoms with E-state index in [2.05, 4.69) is 18.8 Å². The number of carboxylic acid groups (broad SMARTS) is 1. The molecule has 0 spiro atoms. The number of hydrogen-bond acceptors (Lipinski definition) is 3. The lowest BCUT2D eigenvalue weighted by molar-refractivity contribution is 0.124. The number of halogens is 1. The fraction of sp³-hybridized carbons (Fsp3) is 0.476. The van der Waals surface area contributed by atoms with Crippen LogP contribution in [0.15, 0.2) is 30.3 Å². The van der Waals surface area contributed by atoms with E-state index in [-0.39, 0.29) is 5.41 Å². The molecule has 1 atom stereocenters. The van der Waals surface area contributed by atoms with Crippen molar-refractivity contribution in [2.45, 2.75) is 52.5 Å². The molecule has 0 fully saturated rings. The van der Waals surface area contributed by atoms with Gasteiger partial charge in [-0.2, -0.15) is 0 Å². The van der Waals surface area contributed by atoms with Crippen molar-refractivity contribution in [1.82, 2.24) is 14.9 Å². The molecule has 2 aromatic rings. The minimum absolute atomic E-state index is 0.182. The summed E-state index contributed by atoms with van der Waals surface area (Å²) in [5.41, 5.74) is 3.19. The van der Waals surface area contributed by atoms with E-state index >= 15 is 0 Å². The van der Waals surface area contributed by atoms with Crippen molar-refractivity contribution in [1.29, 1.82) is 0 Å². The van der Waals surface area contributed by atoms with Gasteiger partial charge in [0.05, 0.1) is 6.04 Å². The van der Waals surface area contributed by atoms with Gasteiger partial charge in [0.2, 0.25) is 0 Å². The maximum Gasteiger partial charge on any atom is 0.407 e. The Morgan fingerprint density at radius 3 is 2.63 bits per heavy atom. The second-order valence-electron chi connectivity index (χ2n) is 7.91. The summed E-state index contributed by atoms with van der Waals surface area (Å²) in [6, 6.07) is 9.36.